The van der Waals surface area contributed by atoms with Gasteiger partial charge < -0.3 is 10.6 Å². The van der Waals surface area contributed by atoms with E-state index in [4.69, 9.17) is 0 Å². The number of amides is 2. The third-order valence-electron chi connectivity index (χ3n) is 3.15. The Morgan fingerprint density at radius 1 is 1.40 bits per heavy atom. The second-order valence-corrected chi connectivity index (χ2v) is 6.22. The number of fused-ring (bicyclic) bond motifs is 1. The van der Waals surface area contributed by atoms with Crippen molar-refractivity contribution in [3.63, 3.8) is 0 Å². The lowest BCUT2D eigenvalue weighted by molar-refractivity contribution is -0.119. The fourth-order valence-corrected chi connectivity index (χ4v) is 2.91. The summed E-state index contributed by atoms with van der Waals surface area (Å²) in [5, 5.41) is 4.99. The van der Waals surface area contributed by atoms with Gasteiger partial charge in [0.1, 0.15) is 0 Å². The smallest absolute Gasteiger partial charge is 0.241 e. The van der Waals surface area contributed by atoms with Crippen LogP contribution in [0.2, 0.25) is 0 Å². The van der Waals surface area contributed by atoms with Crippen molar-refractivity contribution in [2.45, 2.75) is 17.7 Å². The number of hydrogen-bond acceptors (Lipinski definition) is 4. The van der Waals surface area contributed by atoms with Crippen LogP contribution in [-0.2, 0) is 19.6 Å². The average Bonchev–Trinajstić information content (AvgIpc) is 2.71. The predicted octanol–water partition coefficient (Wildman–Crippen LogP) is -0.233. The summed E-state index contributed by atoms with van der Waals surface area (Å²) >= 11 is 0. The maximum absolute atomic E-state index is 12.0. The van der Waals surface area contributed by atoms with E-state index in [9.17, 15) is 18.0 Å². The first-order valence-electron chi connectivity index (χ1n) is 6.00. The Bertz CT molecular complexity index is 669. The van der Waals surface area contributed by atoms with Crippen molar-refractivity contribution in [2.75, 3.05) is 18.9 Å². The van der Waals surface area contributed by atoms with Crippen LogP contribution in [0.3, 0.4) is 0 Å². The zero-order chi connectivity index (χ0) is 14.9. The molecule has 2 amide bonds. The van der Waals surface area contributed by atoms with Crippen molar-refractivity contribution in [1.82, 2.24) is 10.0 Å². The zero-order valence-electron chi connectivity index (χ0n) is 11.1. The van der Waals surface area contributed by atoms with Gasteiger partial charge in [0.2, 0.25) is 21.8 Å². The van der Waals surface area contributed by atoms with Gasteiger partial charge in [0.25, 0.3) is 0 Å². The molecule has 0 saturated carbocycles. The predicted molar refractivity (Wildman–Crippen MR) is 72.7 cm³/mol. The summed E-state index contributed by atoms with van der Waals surface area (Å²) in [4.78, 5) is 22.6. The number of carbonyl (C=O) groups is 2. The third kappa shape index (κ3) is 2.66. The molecule has 0 aromatic heterocycles. The number of nitrogens with one attached hydrogen (secondary N) is 3. The molecule has 0 spiro atoms. The topological polar surface area (TPSA) is 104 Å². The minimum Gasteiger partial charge on any atom is -0.358 e. The van der Waals surface area contributed by atoms with Crippen LogP contribution in [0.5, 0.6) is 0 Å². The molecule has 1 aliphatic rings. The Morgan fingerprint density at radius 3 is 2.75 bits per heavy atom. The van der Waals surface area contributed by atoms with Crippen LogP contribution in [-0.4, -0.2) is 33.8 Å². The molecule has 1 aromatic rings. The van der Waals surface area contributed by atoms with E-state index >= 15 is 0 Å². The molecule has 108 valence electrons. The molecule has 1 atom stereocenters. The minimum atomic E-state index is -3.78. The standard InChI is InChI=1S/C12H15N3O4S/c1-7-9-5-8(3-4-10(9)15-12(7)17)20(18,19)14-6-11(16)13-2/h3-5,7,14H,6H2,1-2H3,(H,13,16)(H,15,17)/t7-/m1/s1. The normalized spacial score (nSPS) is 17.5. The summed E-state index contributed by atoms with van der Waals surface area (Å²) in [6, 6.07) is 4.39. The van der Waals surface area contributed by atoms with Gasteiger partial charge in [0, 0.05) is 12.7 Å². The Labute approximate surface area is 116 Å². The number of hydrogen-bond donors (Lipinski definition) is 3. The fourth-order valence-electron chi connectivity index (χ4n) is 1.89. The molecule has 0 bridgehead atoms. The Balaban J connectivity index is 2.26. The highest BCUT2D eigenvalue weighted by Gasteiger charge is 2.28. The van der Waals surface area contributed by atoms with Gasteiger partial charge in [-0.1, -0.05) is 0 Å². The van der Waals surface area contributed by atoms with E-state index in [0.29, 0.717) is 11.3 Å². The first kappa shape index (κ1) is 14.5. The van der Waals surface area contributed by atoms with Crippen molar-refractivity contribution in [1.29, 1.82) is 0 Å². The lowest BCUT2D eigenvalue weighted by Gasteiger charge is -2.08. The first-order chi connectivity index (χ1) is 9.35. The van der Waals surface area contributed by atoms with E-state index in [1.807, 2.05) is 0 Å². The van der Waals surface area contributed by atoms with Crippen LogP contribution in [0.15, 0.2) is 23.1 Å². The number of sulfonamides is 1. The molecule has 0 aliphatic carbocycles. The van der Waals surface area contributed by atoms with Crippen molar-refractivity contribution < 1.29 is 18.0 Å². The zero-order valence-corrected chi connectivity index (χ0v) is 11.9. The molecule has 0 unspecified atom stereocenters. The number of likely N-dealkylation sites (N-methyl/N-ethyl adjacent to an activating group) is 1. The van der Waals surface area contributed by atoms with Crippen molar-refractivity contribution >= 4 is 27.5 Å². The number of anilines is 1. The van der Waals surface area contributed by atoms with Gasteiger partial charge in [-0.05, 0) is 30.7 Å². The second kappa shape index (κ2) is 5.22. The van der Waals surface area contributed by atoms with Crippen LogP contribution in [0.25, 0.3) is 0 Å². The SMILES string of the molecule is CNC(=O)CNS(=O)(=O)c1ccc2c(c1)[C@@H](C)C(=O)N2. The van der Waals surface area contributed by atoms with Crippen molar-refractivity contribution in [2.24, 2.45) is 0 Å². The molecule has 20 heavy (non-hydrogen) atoms. The Morgan fingerprint density at radius 2 is 2.10 bits per heavy atom. The highest BCUT2D eigenvalue weighted by molar-refractivity contribution is 7.89. The lowest BCUT2D eigenvalue weighted by Crippen LogP contribution is -2.35. The maximum Gasteiger partial charge on any atom is 0.241 e. The van der Waals surface area contributed by atoms with Crippen LogP contribution in [0, 0.1) is 0 Å². The van der Waals surface area contributed by atoms with E-state index in [1.165, 1.54) is 19.2 Å². The quantitative estimate of drug-likeness (QED) is 0.713. The van der Waals surface area contributed by atoms with Crippen molar-refractivity contribution in [3.8, 4) is 0 Å². The first-order valence-corrected chi connectivity index (χ1v) is 7.48. The molecule has 3 N–H and O–H groups in total. The largest absolute Gasteiger partial charge is 0.358 e. The van der Waals surface area contributed by atoms with Crippen LogP contribution in [0.1, 0.15) is 18.4 Å². The molecule has 7 nitrogen and oxygen atoms in total. The molecule has 1 heterocycles. The highest BCUT2D eigenvalue weighted by atomic mass is 32.2. The van der Waals surface area contributed by atoms with E-state index in [1.54, 1.807) is 13.0 Å². The van der Waals surface area contributed by atoms with E-state index < -0.39 is 15.9 Å². The average molecular weight is 297 g/mol. The Kier molecular flexibility index (Phi) is 3.78. The molecule has 0 fully saturated rings. The van der Waals surface area contributed by atoms with Gasteiger partial charge in [0.05, 0.1) is 17.4 Å². The lowest BCUT2D eigenvalue weighted by atomic mass is 10.0. The number of rotatable bonds is 4. The summed E-state index contributed by atoms with van der Waals surface area (Å²) in [6.45, 7) is 1.37. The van der Waals surface area contributed by atoms with E-state index in [0.717, 1.165) is 0 Å². The molecule has 0 radical (unpaired) electrons. The molecule has 0 saturated heterocycles. The van der Waals surface area contributed by atoms with Gasteiger partial charge in [-0.25, -0.2) is 13.1 Å². The van der Waals surface area contributed by atoms with E-state index in [-0.39, 0.29) is 23.3 Å². The Hall–Kier alpha value is -1.93. The van der Waals surface area contributed by atoms with Gasteiger partial charge in [-0.3, -0.25) is 9.59 Å². The molecular weight excluding hydrogens is 282 g/mol. The minimum absolute atomic E-state index is 0.0310. The second-order valence-electron chi connectivity index (χ2n) is 4.46. The van der Waals surface area contributed by atoms with Crippen molar-refractivity contribution in [3.05, 3.63) is 23.8 Å². The summed E-state index contributed by atoms with van der Waals surface area (Å²) in [5.74, 6) is -0.980. The molecular formula is C12H15N3O4S. The molecule has 1 aromatic carbocycles. The van der Waals surface area contributed by atoms with Gasteiger partial charge in [0.15, 0.2) is 0 Å². The number of carbonyl (C=O) groups excluding carboxylic acids is 2. The summed E-state index contributed by atoms with van der Waals surface area (Å²) in [6.07, 6.45) is 0. The highest BCUT2D eigenvalue weighted by Crippen LogP contribution is 2.33. The monoisotopic (exact) mass is 297 g/mol. The summed E-state index contributed by atoms with van der Waals surface area (Å²) in [5.41, 5.74) is 1.26. The summed E-state index contributed by atoms with van der Waals surface area (Å²) < 4.78 is 26.3. The van der Waals surface area contributed by atoms with Gasteiger partial charge >= 0.3 is 0 Å². The molecule has 8 heteroatoms. The van der Waals surface area contributed by atoms with Crippen LogP contribution < -0.4 is 15.4 Å². The van der Waals surface area contributed by atoms with E-state index in [2.05, 4.69) is 15.4 Å². The number of benzene rings is 1. The molecule has 1 aliphatic heterocycles. The molecule has 2 rings (SSSR count). The summed E-state index contributed by atoms with van der Waals surface area (Å²) in [7, 11) is -2.36. The third-order valence-corrected chi connectivity index (χ3v) is 4.55. The van der Waals surface area contributed by atoms with Crippen LogP contribution >= 0.6 is 0 Å². The van der Waals surface area contributed by atoms with Gasteiger partial charge in [-0.15, -0.1) is 0 Å². The van der Waals surface area contributed by atoms with Crippen LogP contribution in [0.4, 0.5) is 5.69 Å². The van der Waals surface area contributed by atoms with Gasteiger partial charge in [-0.2, -0.15) is 0 Å². The maximum atomic E-state index is 12.0. The fraction of sp³-hybridized carbons (Fsp3) is 0.333.